The van der Waals surface area contributed by atoms with Gasteiger partial charge in [0.05, 0.1) is 11.0 Å². The van der Waals surface area contributed by atoms with Crippen molar-refractivity contribution in [3.63, 3.8) is 0 Å². The molecule has 0 amide bonds. The van der Waals surface area contributed by atoms with E-state index in [-0.39, 0.29) is 0 Å². The predicted molar refractivity (Wildman–Crippen MR) is 331 cm³/mol. The van der Waals surface area contributed by atoms with Crippen molar-refractivity contribution in [2.45, 2.75) is 0 Å². The number of benzene rings is 13. The van der Waals surface area contributed by atoms with Crippen molar-refractivity contribution in [1.29, 1.82) is 0 Å². The molecule has 0 atom stereocenters. The third-order valence-corrected chi connectivity index (χ3v) is 15.3. The summed E-state index contributed by atoms with van der Waals surface area (Å²) < 4.78 is 2.43. The molecule has 366 valence electrons. The number of hydrogen-bond acceptors (Lipinski definition) is 1. The fourth-order valence-corrected chi connectivity index (χ4v) is 11.5. The number of fused-ring (bicyclic) bond motifs is 4. The van der Waals surface area contributed by atoms with Gasteiger partial charge in [-0.05, 0) is 192 Å². The molecule has 0 saturated heterocycles. The van der Waals surface area contributed by atoms with E-state index in [2.05, 4.69) is 325 Å². The SMILES string of the molecule is c1ccc(-c2cc(-c3ccccc3)cc(-c3ccc(N(c4ccc(-c5cc(-c6ccccc6)cc(-c6ccccc6)c5)cc4)c4cccc(-c5cccc6c5c5cc7ccccc7cc5n6-c5ccccc5)c4)cc3)c2)cc1. The molecule has 0 unspecified atom stereocenters. The summed E-state index contributed by atoms with van der Waals surface area (Å²) in [6.45, 7) is 0. The summed E-state index contributed by atoms with van der Waals surface area (Å²) >= 11 is 0. The van der Waals surface area contributed by atoms with Crippen LogP contribution < -0.4 is 4.90 Å². The second kappa shape index (κ2) is 20.1. The Morgan fingerprint density at radius 1 is 0.218 bits per heavy atom. The van der Waals surface area contributed by atoms with Crippen LogP contribution in [0.15, 0.2) is 315 Å². The molecule has 0 spiro atoms. The number of para-hydroxylation sites is 1. The molecule has 14 rings (SSSR count). The largest absolute Gasteiger partial charge is 0.310 e. The molecule has 1 aromatic heterocycles. The predicted octanol–water partition coefficient (Wildman–Crippen LogP) is 21.1. The highest BCUT2D eigenvalue weighted by Crippen LogP contribution is 2.44. The monoisotopic (exact) mass is 992 g/mol. The zero-order valence-corrected chi connectivity index (χ0v) is 42.9. The number of anilines is 3. The molecule has 0 bridgehead atoms. The van der Waals surface area contributed by atoms with Gasteiger partial charge in [0.1, 0.15) is 0 Å². The van der Waals surface area contributed by atoms with Crippen LogP contribution in [0.25, 0.3) is 116 Å². The van der Waals surface area contributed by atoms with Crippen LogP contribution in [0.2, 0.25) is 0 Å². The van der Waals surface area contributed by atoms with E-state index in [4.69, 9.17) is 0 Å². The van der Waals surface area contributed by atoms with Gasteiger partial charge in [-0.1, -0.05) is 212 Å². The zero-order chi connectivity index (χ0) is 51.8. The molecule has 0 fully saturated rings. The molecule has 78 heavy (non-hydrogen) atoms. The van der Waals surface area contributed by atoms with E-state index < -0.39 is 0 Å². The Bertz CT molecular complexity index is 4150. The summed E-state index contributed by atoms with van der Waals surface area (Å²) in [5.41, 5.74) is 23.2. The van der Waals surface area contributed by atoms with Gasteiger partial charge in [-0.2, -0.15) is 0 Å². The highest BCUT2D eigenvalue weighted by atomic mass is 15.1. The van der Waals surface area contributed by atoms with Gasteiger partial charge in [0.15, 0.2) is 0 Å². The molecule has 1 heterocycles. The first-order valence-electron chi connectivity index (χ1n) is 26.8. The maximum Gasteiger partial charge on any atom is 0.0547 e. The van der Waals surface area contributed by atoms with Crippen LogP contribution in [0, 0.1) is 0 Å². The maximum absolute atomic E-state index is 2.43. The Kier molecular flexibility index (Phi) is 11.9. The summed E-state index contributed by atoms with van der Waals surface area (Å²) in [7, 11) is 0. The van der Waals surface area contributed by atoms with Gasteiger partial charge in [-0.3, -0.25) is 0 Å². The van der Waals surface area contributed by atoms with E-state index in [0.717, 1.165) is 39.4 Å². The average Bonchev–Trinajstić information content (AvgIpc) is 4.01. The molecule has 0 saturated carbocycles. The van der Waals surface area contributed by atoms with Crippen molar-refractivity contribution in [3.8, 4) is 83.6 Å². The average molecular weight is 993 g/mol. The van der Waals surface area contributed by atoms with Crippen molar-refractivity contribution in [2.75, 3.05) is 4.90 Å². The lowest BCUT2D eigenvalue weighted by molar-refractivity contribution is 1.18. The minimum absolute atomic E-state index is 1.06. The van der Waals surface area contributed by atoms with Gasteiger partial charge in [0.2, 0.25) is 0 Å². The minimum atomic E-state index is 1.06. The normalized spacial score (nSPS) is 11.3. The van der Waals surface area contributed by atoms with Gasteiger partial charge in [-0.25, -0.2) is 0 Å². The molecular formula is C76H52N2. The first-order chi connectivity index (χ1) is 38.6. The van der Waals surface area contributed by atoms with Crippen molar-refractivity contribution in [1.82, 2.24) is 4.57 Å². The van der Waals surface area contributed by atoms with Crippen LogP contribution in [-0.2, 0) is 0 Å². The standard InChI is InChI=1S/C76H52N2/c1-6-20-53(21-7-1)62-44-63(54-22-8-2-9-23-54)47-66(46-62)57-36-40-69(41-37-57)77(70-42-38-58(39-43-70)67-48-64(55-24-10-3-11-25-55)45-65(49-67)56-26-12-4-13-27-56)71-33-18-30-61(50-71)72-34-19-35-74-76(72)73-51-59-28-16-17-29-60(59)52-75(73)78(74)68-31-14-5-15-32-68/h1-52H. The summed E-state index contributed by atoms with van der Waals surface area (Å²) in [5.74, 6) is 0. The van der Waals surface area contributed by atoms with Crippen LogP contribution in [0.3, 0.4) is 0 Å². The Morgan fingerprint density at radius 3 is 1.04 bits per heavy atom. The Balaban J connectivity index is 0.916. The fraction of sp³-hybridized carbons (Fsp3) is 0. The molecular weight excluding hydrogens is 941 g/mol. The number of nitrogens with zero attached hydrogens (tertiary/aromatic N) is 2. The van der Waals surface area contributed by atoms with Crippen molar-refractivity contribution >= 4 is 49.6 Å². The minimum Gasteiger partial charge on any atom is -0.310 e. The van der Waals surface area contributed by atoms with Crippen LogP contribution in [-0.4, -0.2) is 4.57 Å². The zero-order valence-electron chi connectivity index (χ0n) is 42.9. The first kappa shape index (κ1) is 46.3. The summed E-state index contributed by atoms with van der Waals surface area (Å²) in [5, 5.41) is 4.92. The van der Waals surface area contributed by atoms with Gasteiger partial charge >= 0.3 is 0 Å². The lowest BCUT2D eigenvalue weighted by atomic mass is 9.93. The van der Waals surface area contributed by atoms with E-state index in [0.29, 0.717) is 0 Å². The van der Waals surface area contributed by atoms with E-state index in [1.807, 2.05) is 0 Å². The number of aromatic nitrogens is 1. The third kappa shape index (κ3) is 8.81. The van der Waals surface area contributed by atoms with Gasteiger partial charge in [0, 0.05) is 33.5 Å². The Hall–Kier alpha value is -10.3. The maximum atomic E-state index is 2.43. The summed E-state index contributed by atoms with van der Waals surface area (Å²) in [4.78, 5) is 2.41. The fourth-order valence-electron chi connectivity index (χ4n) is 11.5. The lowest BCUT2D eigenvalue weighted by Crippen LogP contribution is -2.10. The molecule has 0 N–H and O–H groups in total. The summed E-state index contributed by atoms with van der Waals surface area (Å²) in [6, 6.07) is 115. The second-order valence-electron chi connectivity index (χ2n) is 20.1. The second-order valence-corrected chi connectivity index (χ2v) is 20.1. The van der Waals surface area contributed by atoms with E-state index in [9.17, 15) is 0 Å². The molecule has 2 heteroatoms. The quantitative estimate of drug-likeness (QED) is 0.125. The van der Waals surface area contributed by atoms with E-state index in [1.54, 1.807) is 0 Å². The number of rotatable bonds is 11. The van der Waals surface area contributed by atoms with E-state index >= 15 is 0 Å². The summed E-state index contributed by atoms with van der Waals surface area (Å²) in [6.07, 6.45) is 0. The van der Waals surface area contributed by atoms with Crippen molar-refractivity contribution in [2.24, 2.45) is 0 Å². The van der Waals surface area contributed by atoms with Crippen LogP contribution >= 0.6 is 0 Å². The molecule has 0 aliphatic heterocycles. The molecule has 14 aromatic rings. The molecule has 0 aliphatic carbocycles. The lowest BCUT2D eigenvalue weighted by Gasteiger charge is -2.26. The van der Waals surface area contributed by atoms with Crippen molar-refractivity contribution in [3.05, 3.63) is 315 Å². The van der Waals surface area contributed by atoms with Crippen molar-refractivity contribution < 1.29 is 0 Å². The highest BCUT2D eigenvalue weighted by Gasteiger charge is 2.20. The number of hydrogen-bond donors (Lipinski definition) is 0. The van der Waals surface area contributed by atoms with Crippen LogP contribution in [0.1, 0.15) is 0 Å². The van der Waals surface area contributed by atoms with Crippen LogP contribution in [0.4, 0.5) is 17.1 Å². The highest BCUT2D eigenvalue weighted by molar-refractivity contribution is 6.18. The van der Waals surface area contributed by atoms with Crippen LogP contribution in [0.5, 0.6) is 0 Å². The van der Waals surface area contributed by atoms with Gasteiger partial charge in [0.25, 0.3) is 0 Å². The third-order valence-electron chi connectivity index (χ3n) is 15.3. The Labute approximate surface area is 455 Å². The first-order valence-corrected chi connectivity index (χ1v) is 26.8. The molecule has 0 radical (unpaired) electrons. The molecule has 0 aliphatic rings. The molecule has 2 nitrogen and oxygen atoms in total. The topological polar surface area (TPSA) is 8.17 Å². The Morgan fingerprint density at radius 2 is 0.590 bits per heavy atom. The molecule has 13 aromatic carbocycles. The van der Waals surface area contributed by atoms with Gasteiger partial charge in [-0.15, -0.1) is 0 Å². The van der Waals surface area contributed by atoms with Gasteiger partial charge < -0.3 is 9.47 Å². The van der Waals surface area contributed by atoms with E-state index in [1.165, 1.54) is 93.8 Å². The smallest absolute Gasteiger partial charge is 0.0547 e.